The molecule has 1 saturated carbocycles. The molecular weight excluding hydrogens is 645 g/mol. The normalized spacial score (nSPS) is 25.6. The van der Waals surface area contributed by atoms with Crippen molar-refractivity contribution >= 4 is 26.8 Å². The van der Waals surface area contributed by atoms with Crippen LogP contribution in [0.1, 0.15) is 128 Å². The second-order valence-corrected chi connectivity index (χ2v) is 28.6. The highest BCUT2D eigenvalue weighted by atomic mass is 32.2. The predicted molar refractivity (Wildman–Crippen MR) is 198 cm³/mol. The lowest BCUT2D eigenvalue weighted by molar-refractivity contribution is -0.295. The van der Waals surface area contributed by atoms with E-state index >= 15 is 0 Å². The highest BCUT2D eigenvalue weighted by Crippen LogP contribution is 2.49. The summed E-state index contributed by atoms with van der Waals surface area (Å²) >= 11 is 0. The van der Waals surface area contributed by atoms with Crippen LogP contribution in [-0.4, -0.2) is 61.9 Å². The molecule has 2 fully saturated rings. The maximum atomic E-state index is 14.0. The van der Waals surface area contributed by atoms with Crippen LogP contribution in [0.3, 0.4) is 0 Å². The van der Waals surface area contributed by atoms with E-state index in [9.17, 15) is 8.42 Å². The quantitative estimate of drug-likeness (QED) is 0.125. The molecule has 1 aromatic carbocycles. The minimum atomic E-state index is -4.06. The fourth-order valence-corrected chi connectivity index (χ4v) is 21.5. The first-order valence-corrected chi connectivity index (χ1v) is 24.4. The summed E-state index contributed by atoms with van der Waals surface area (Å²) in [5, 5.41) is 0. The van der Waals surface area contributed by atoms with Crippen LogP contribution >= 0.6 is 0 Å². The molecule has 0 aromatic heterocycles. The Balaban J connectivity index is 2.23. The fraction of sp³-hybridized carbons (Fsp3) is 0.838. The van der Waals surface area contributed by atoms with Gasteiger partial charge in [0.05, 0.1) is 18.3 Å². The van der Waals surface area contributed by atoms with Crippen LogP contribution in [0.5, 0.6) is 0 Å². The third kappa shape index (κ3) is 9.40. The topological polar surface area (TPSA) is 80.3 Å². The summed E-state index contributed by atoms with van der Waals surface area (Å²) in [4.78, 5) is 0. The van der Waals surface area contributed by atoms with Gasteiger partial charge in [-0.1, -0.05) is 133 Å². The van der Waals surface area contributed by atoms with E-state index in [1.54, 1.807) is 0 Å². The van der Waals surface area contributed by atoms with Gasteiger partial charge in [0.2, 0.25) is 16.6 Å². The average molecular weight is 713 g/mol. The molecule has 0 bridgehead atoms. The zero-order chi connectivity index (χ0) is 35.3. The highest BCUT2D eigenvalue weighted by molar-refractivity contribution is 7.85. The molecule has 1 saturated heterocycles. The maximum Gasteiger partial charge on any atom is 0.272 e. The van der Waals surface area contributed by atoms with Gasteiger partial charge in [-0.3, -0.25) is 4.18 Å². The van der Waals surface area contributed by atoms with Gasteiger partial charge < -0.3 is 18.3 Å². The van der Waals surface area contributed by atoms with E-state index in [2.05, 4.69) is 90.0 Å². The standard InChI is InChI=1S/C37H68O7SSi2/c1-25(2)46(26(3)4,27(5)6)43-34-31(13)40-37(41-33-22-18-15-19-23-33)36(42-45(38,39)24-32-20-16-14-17-21-32)35(34)44-47(28(7)8,29(9)10)30(11)12/h14,16-17,20-21,25-31,33-37H,15,18-19,22-24H2,1-13H3/t31-,34-,35+,36+,37?/m0/s1. The zero-order valence-electron chi connectivity index (χ0n) is 31.8. The van der Waals surface area contributed by atoms with Crippen molar-refractivity contribution in [1.82, 2.24) is 0 Å². The van der Waals surface area contributed by atoms with Crippen molar-refractivity contribution in [3.8, 4) is 0 Å². The van der Waals surface area contributed by atoms with Gasteiger partial charge in [-0.15, -0.1) is 0 Å². The van der Waals surface area contributed by atoms with Gasteiger partial charge in [-0.25, -0.2) is 0 Å². The largest absolute Gasteiger partial charge is 0.408 e. The lowest BCUT2D eigenvalue weighted by atomic mass is 9.96. The van der Waals surface area contributed by atoms with Crippen LogP contribution in [0.4, 0.5) is 0 Å². The summed E-state index contributed by atoms with van der Waals surface area (Å²) in [6.07, 6.45) is 1.73. The molecule has 1 aliphatic heterocycles. The zero-order valence-corrected chi connectivity index (χ0v) is 34.6. The molecule has 47 heavy (non-hydrogen) atoms. The Bertz CT molecular complexity index is 1140. The number of benzene rings is 1. The van der Waals surface area contributed by atoms with Gasteiger partial charge in [0, 0.05) is 0 Å². The van der Waals surface area contributed by atoms with Crippen molar-refractivity contribution in [2.45, 2.75) is 198 Å². The van der Waals surface area contributed by atoms with Crippen molar-refractivity contribution in [2.75, 3.05) is 0 Å². The van der Waals surface area contributed by atoms with Crippen LogP contribution in [0.2, 0.25) is 33.2 Å². The number of ether oxygens (including phenoxy) is 2. The van der Waals surface area contributed by atoms with Crippen molar-refractivity contribution < 1.29 is 30.9 Å². The molecule has 2 aliphatic rings. The monoisotopic (exact) mass is 712 g/mol. The van der Waals surface area contributed by atoms with Crippen LogP contribution in [0, 0.1) is 0 Å². The Labute approximate surface area is 290 Å². The molecule has 3 rings (SSSR count). The Morgan fingerprint density at radius 3 is 1.57 bits per heavy atom. The number of hydrogen-bond acceptors (Lipinski definition) is 7. The van der Waals surface area contributed by atoms with Crippen LogP contribution < -0.4 is 0 Å². The maximum absolute atomic E-state index is 14.0. The minimum absolute atomic E-state index is 0.0141. The van der Waals surface area contributed by atoms with Crippen molar-refractivity contribution in [1.29, 1.82) is 0 Å². The highest BCUT2D eigenvalue weighted by Gasteiger charge is 2.58. The first kappa shape index (κ1) is 40.8. The smallest absolute Gasteiger partial charge is 0.272 e. The Morgan fingerprint density at radius 1 is 0.681 bits per heavy atom. The first-order chi connectivity index (χ1) is 21.9. The number of rotatable bonds is 16. The van der Waals surface area contributed by atoms with E-state index in [-0.39, 0.29) is 34.6 Å². The molecule has 1 heterocycles. The molecule has 1 aromatic rings. The van der Waals surface area contributed by atoms with Gasteiger partial charge in [-0.2, -0.15) is 8.42 Å². The lowest BCUT2D eigenvalue weighted by Crippen LogP contribution is -2.67. The molecule has 1 unspecified atom stereocenters. The molecule has 7 nitrogen and oxygen atoms in total. The van der Waals surface area contributed by atoms with Crippen LogP contribution in [0.15, 0.2) is 30.3 Å². The van der Waals surface area contributed by atoms with E-state index < -0.39 is 51.4 Å². The summed E-state index contributed by atoms with van der Waals surface area (Å²) in [5.41, 5.74) is 2.50. The Hall–Kier alpha value is -0.596. The van der Waals surface area contributed by atoms with Crippen LogP contribution in [0.25, 0.3) is 0 Å². The summed E-state index contributed by atoms with van der Waals surface area (Å²) in [6.45, 7) is 29.3. The summed E-state index contributed by atoms with van der Waals surface area (Å²) in [5.74, 6) is -0.238. The Morgan fingerprint density at radius 2 is 1.13 bits per heavy atom. The molecule has 5 atom stereocenters. The molecule has 0 radical (unpaired) electrons. The predicted octanol–water partition coefficient (Wildman–Crippen LogP) is 10.1. The van der Waals surface area contributed by atoms with Crippen LogP contribution in [-0.2, 0) is 38.4 Å². The molecule has 272 valence electrons. The minimum Gasteiger partial charge on any atom is -0.408 e. The van der Waals surface area contributed by atoms with Gasteiger partial charge >= 0.3 is 0 Å². The first-order valence-electron chi connectivity index (χ1n) is 18.5. The second-order valence-electron chi connectivity index (χ2n) is 16.2. The summed E-state index contributed by atoms with van der Waals surface area (Å²) in [7, 11) is -9.09. The Kier molecular flexibility index (Phi) is 14.8. The SMILES string of the molecule is CC(C)[Si](O[C@@H]1[C@@H](O[Si](C(C)C)(C(C)C)C(C)C)[C@@H](OS(=O)(=O)Cc2ccccc2)C(OC2CCCCC2)O[C@H]1C)(C(C)C)C(C)C. The summed E-state index contributed by atoms with van der Waals surface area (Å²) in [6, 6.07) is 9.22. The summed E-state index contributed by atoms with van der Waals surface area (Å²) < 4.78 is 63.1. The molecule has 0 N–H and O–H groups in total. The van der Waals surface area contributed by atoms with E-state index in [1.165, 1.54) is 6.42 Å². The third-order valence-electron chi connectivity index (χ3n) is 11.1. The molecule has 0 amide bonds. The fourth-order valence-electron chi connectivity index (χ4n) is 9.14. The van der Waals surface area contributed by atoms with Gasteiger partial charge in [0.15, 0.2) is 12.4 Å². The van der Waals surface area contributed by atoms with E-state index in [4.69, 9.17) is 22.5 Å². The van der Waals surface area contributed by atoms with Gasteiger partial charge in [0.1, 0.15) is 11.9 Å². The average Bonchev–Trinajstić information content (AvgIpc) is 2.96. The van der Waals surface area contributed by atoms with Gasteiger partial charge in [0.25, 0.3) is 10.1 Å². The van der Waals surface area contributed by atoms with E-state index in [0.717, 1.165) is 25.7 Å². The van der Waals surface area contributed by atoms with Crippen molar-refractivity contribution in [3.63, 3.8) is 0 Å². The van der Waals surface area contributed by atoms with E-state index in [1.807, 2.05) is 30.3 Å². The molecule has 0 spiro atoms. The number of hydrogen-bond donors (Lipinski definition) is 0. The van der Waals surface area contributed by atoms with Crippen molar-refractivity contribution in [3.05, 3.63) is 35.9 Å². The van der Waals surface area contributed by atoms with Crippen molar-refractivity contribution in [2.24, 2.45) is 0 Å². The second kappa shape index (κ2) is 17.1. The van der Waals surface area contributed by atoms with E-state index in [0.29, 0.717) is 22.2 Å². The molecule has 1 aliphatic carbocycles. The molecular formula is C37H68O7SSi2. The lowest BCUT2D eigenvalue weighted by Gasteiger charge is -2.54. The third-order valence-corrected chi connectivity index (χ3v) is 24.5. The van der Waals surface area contributed by atoms with Gasteiger partial charge in [-0.05, 0) is 58.6 Å². The molecule has 10 heteroatoms.